The Balaban J connectivity index is 1.67. The quantitative estimate of drug-likeness (QED) is 0.361. The van der Waals surface area contributed by atoms with E-state index in [1.54, 1.807) is 11.0 Å². The van der Waals surface area contributed by atoms with Crippen molar-refractivity contribution in [2.75, 3.05) is 36.4 Å². The number of para-hydroxylation sites is 1. The molecule has 0 bridgehead atoms. The number of pyridine rings is 2. The number of urea groups is 1. The van der Waals surface area contributed by atoms with Gasteiger partial charge >= 0.3 is 6.03 Å². The van der Waals surface area contributed by atoms with Crippen molar-refractivity contribution < 1.29 is 22.8 Å². The summed E-state index contributed by atoms with van der Waals surface area (Å²) in [5.41, 5.74) is 3.15. The van der Waals surface area contributed by atoms with E-state index >= 15 is 0 Å². The fourth-order valence-electron chi connectivity index (χ4n) is 4.42. The summed E-state index contributed by atoms with van der Waals surface area (Å²) in [6, 6.07) is 7.76. The number of anilines is 2. The van der Waals surface area contributed by atoms with E-state index in [0.717, 1.165) is 10.8 Å². The van der Waals surface area contributed by atoms with Gasteiger partial charge in [0.25, 0.3) is 5.91 Å². The maximum absolute atomic E-state index is 15.0. The van der Waals surface area contributed by atoms with Gasteiger partial charge in [0.05, 0.1) is 21.1 Å². The van der Waals surface area contributed by atoms with Crippen LogP contribution in [-0.2, 0) is 0 Å². The van der Waals surface area contributed by atoms with Gasteiger partial charge in [-0.2, -0.15) is 0 Å². The Morgan fingerprint density at radius 3 is 2.17 bits per heavy atom. The fourth-order valence-corrected chi connectivity index (χ4v) is 4.91. The Morgan fingerprint density at radius 1 is 0.950 bits per heavy atom. The lowest BCUT2D eigenvalue weighted by atomic mass is 10.1. The maximum atomic E-state index is 15.0. The molecule has 3 N–H and O–H groups in total. The molecule has 1 aliphatic rings. The summed E-state index contributed by atoms with van der Waals surface area (Å²) >= 11 is 12.3. The minimum Gasteiger partial charge on any atom is -0.353 e. The molecule has 0 spiro atoms. The molecule has 206 valence electrons. The zero-order valence-corrected chi connectivity index (χ0v) is 21.9. The van der Waals surface area contributed by atoms with Gasteiger partial charge in [0.15, 0.2) is 17.3 Å². The van der Waals surface area contributed by atoms with E-state index in [1.807, 2.05) is 0 Å². The standard InChI is InChI=1S/C26H19Cl2F3N6O3/c27-16-2-1-3-17(28)21(16)34-25(39)15-12-37(22-18(30)10-13(29)11-19(22)31)24-14(23(15)38)4-5-20(33-24)35-6-8-36(9-7-35)26(32)40/h1-5,10-12H,6-9H2,(H2,32,40)(H,34,39). The predicted octanol–water partition coefficient (Wildman–Crippen LogP) is 4.56. The minimum absolute atomic E-state index is 0.0320. The molecule has 4 aromatic rings. The van der Waals surface area contributed by atoms with Crippen molar-refractivity contribution in [3.8, 4) is 5.69 Å². The highest BCUT2D eigenvalue weighted by atomic mass is 35.5. The lowest BCUT2D eigenvalue weighted by molar-refractivity contribution is 0.102. The number of halogens is 5. The molecule has 3 heterocycles. The highest BCUT2D eigenvalue weighted by molar-refractivity contribution is 6.40. The third-order valence-electron chi connectivity index (χ3n) is 6.42. The number of hydrogen-bond donors (Lipinski definition) is 2. The Bertz CT molecular complexity index is 1700. The number of benzene rings is 2. The first-order valence-corrected chi connectivity index (χ1v) is 12.6. The van der Waals surface area contributed by atoms with Crippen LogP contribution in [-0.4, -0.2) is 52.6 Å². The highest BCUT2D eigenvalue weighted by Crippen LogP contribution is 2.31. The topological polar surface area (TPSA) is 114 Å². The van der Waals surface area contributed by atoms with Gasteiger partial charge in [-0.1, -0.05) is 29.3 Å². The van der Waals surface area contributed by atoms with Crippen molar-refractivity contribution in [2.45, 2.75) is 0 Å². The molecule has 1 aliphatic heterocycles. The monoisotopic (exact) mass is 590 g/mol. The van der Waals surface area contributed by atoms with Crippen LogP contribution in [0.1, 0.15) is 10.4 Å². The van der Waals surface area contributed by atoms with Gasteiger partial charge in [-0.25, -0.2) is 22.9 Å². The number of piperazine rings is 1. The SMILES string of the molecule is NC(=O)N1CCN(c2ccc3c(=O)c(C(=O)Nc4c(Cl)cccc4Cl)cn(-c4c(F)cc(F)cc4F)c3n2)CC1. The molecule has 2 aromatic carbocycles. The van der Waals surface area contributed by atoms with Crippen LogP contribution in [0.4, 0.5) is 29.5 Å². The smallest absolute Gasteiger partial charge is 0.314 e. The van der Waals surface area contributed by atoms with Crippen LogP contribution in [0.15, 0.2) is 53.5 Å². The number of nitrogens with two attached hydrogens (primary N) is 1. The van der Waals surface area contributed by atoms with Gasteiger partial charge in [-0.3, -0.25) is 14.2 Å². The summed E-state index contributed by atoms with van der Waals surface area (Å²) in [6.07, 6.45) is 0.923. The van der Waals surface area contributed by atoms with Crippen LogP contribution >= 0.6 is 23.2 Å². The van der Waals surface area contributed by atoms with Crippen molar-refractivity contribution in [2.24, 2.45) is 5.73 Å². The molecule has 40 heavy (non-hydrogen) atoms. The third kappa shape index (κ3) is 5.03. The number of rotatable bonds is 4. The van der Waals surface area contributed by atoms with Crippen molar-refractivity contribution in [3.63, 3.8) is 0 Å². The molecule has 1 fully saturated rings. The summed E-state index contributed by atoms with van der Waals surface area (Å²) < 4.78 is 44.6. The highest BCUT2D eigenvalue weighted by Gasteiger charge is 2.25. The summed E-state index contributed by atoms with van der Waals surface area (Å²) in [6.45, 7) is 1.33. The van der Waals surface area contributed by atoms with Crippen molar-refractivity contribution >= 4 is 57.7 Å². The summed E-state index contributed by atoms with van der Waals surface area (Å²) in [5.74, 6) is -4.34. The van der Waals surface area contributed by atoms with Crippen molar-refractivity contribution in [1.82, 2.24) is 14.5 Å². The number of amides is 3. The first-order chi connectivity index (χ1) is 19.0. The molecule has 14 heteroatoms. The number of hydrogen-bond acceptors (Lipinski definition) is 5. The van der Waals surface area contributed by atoms with Crippen molar-refractivity contribution in [3.05, 3.63) is 91.9 Å². The molecule has 0 atom stereocenters. The van der Waals surface area contributed by atoms with Crippen LogP contribution < -0.4 is 21.4 Å². The Morgan fingerprint density at radius 2 is 1.57 bits per heavy atom. The second-order valence-corrected chi connectivity index (χ2v) is 9.68. The molecule has 0 unspecified atom stereocenters. The molecule has 0 radical (unpaired) electrons. The van der Waals surface area contributed by atoms with Crippen LogP contribution in [0, 0.1) is 17.5 Å². The molecule has 0 saturated carbocycles. The number of nitrogens with zero attached hydrogens (tertiary/aromatic N) is 4. The van der Waals surface area contributed by atoms with E-state index in [4.69, 9.17) is 28.9 Å². The van der Waals surface area contributed by atoms with E-state index in [9.17, 15) is 27.6 Å². The molecule has 9 nitrogen and oxygen atoms in total. The number of aromatic nitrogens is 2. The van der Waals surface area contributed by atoms with Gasteiger partial charge in [0.1, 0.15) is 22.9 Å². The Labute approximate surface area is 234 Å². The van der Waals surface area contributed by atoms with E-state index in [0.29, 0.717) is 44.1 Å². The first-order valence-electron chi connectivity index (χ1n) is 11.8. The number of carbonyl (C=O) groups excluding carboxylic acids is 2. The van der Waals surface area contributed by atoms with Crippen LogP contribution in [0.5, 0.6) is 0 Å². The predicted molar refractivity (Wildman–Crippen MR) is 145 cm³/mol. The van der Waals surface area contributed by atoms with Crippen LogP contribution in [0.25, 0.3) is 16.7 Å². The average Bonchev–Trinajstić information content (AvgIpc) is 2.91. The fraction of sp³-hybridized carbons (Fsp3) is 0.154. The Kier molecular flexibility index (Phi) is 7.30. The molecular formula is C26H19Cl2F3N6O3. The molecule has 5 rings (SSSR count). The number of carbonyl (C=O) groups is 2. The number of primary amides is 1. The molecule has 0 aliphatic carbocycles. The van der Waals surface area contributed by atoms with Gasteiger partial charge in [-0.05, 0) is 24.3 Å². The summed E-state index contributed by atoms with van der Waals surface area (Å²) in [7, 11) is 0. The Hall–Kier alpha value is -4.29. The van der Waals surface area contributed by atoms with E-state index in [2.05, 4.69) is 10.3 Å². The third-order valence-corrected chi connectivity index (χ3v) is 7.05. The zero-order valence-electron chi connectivity index (χ0n) is 20.4. The summed E-state index contributed by atoms with van der Waals surface area (Å²) in [5, 5.41) is 2.52. The normalized spacial score (nSPS) is 13.5. The van der Waals surface area contributed by atoms with Crippen LogP contribution in [0.2, 0.25) is 10.0 Å². The second-order valence-electron chi connectivity index (χ2n) is 8.86. The van der Waals surface area contributed by atoms with Gasteiger partial charge < -0.3 is 20.9 Å². The van der Waals surface area contributed by atoms with Crippen molar-refractivity contribution in [1.29, 1.82) is 0 Å². The van der Waals surface area contributed by atoms with Gasteiger partial charge in [0.2, 0.25) is 5.43 Å². The number of nitrogens with one attached hydrogen (secondary N) is 1. The van der Waals surface area contributed by atoms with Gasteiger partial charge in [-0.15, -0.1) is 0 Å². The molecular weight excluding hydrogens is 572 g/mol. The minimum atomic E-state index is -1.29. The van der Waals surface area contributed by atoms with E-state index in [-0.39, 0.29) is 26.8 Å². The maximum Gasteiger partial charge on any atom is 0.314 e. The first kappa shape index (κ1) is 27.3. The summed E-state index contributed by atoms with van der Waals surface area (Å²) in [4.78, 5) is 45.9. The van der Waals surface area contributed by atoms with E-state index in [1.165, 1.54) is 29.2 Å². The second kappa shape index (κ2) is 10.7. The van der Waals surface area contributed by atoms with E-state index < -0.39 is 46.1 Å². The van der Waals surface area contributed by atoms with Gasteiger partial charge in [0, 0.05) is 44.5 Å². The largest absolute Gasteiger partial charge is 0.353 e. The molecule has 1 saturated heterocycles. The molecule has 3 amide bonds. The average molecular weight is 591 g/mol. The zero-order chi connectivity index (χ0) is 28.7. The lowest BCUT2D eigenvalue weighted by Crippen LogP contribution is -2.50. The lowest BCUT2D eigenvalue weighted by Gasteiger charge is -2.34. The number of fused-ring (bicyclic) bond motifs is 1. The van der Waals surface area contributed by atoms with Crippen LogP contribution in [0.3, 0.4) is 0 Å². The molecule has 2 aromatic heterocycles.